The van der Waals surface area contributed by atoms with Crippen LogP contribution in [0.5, 0.6) is 5.75 Å². The van der Waals surface area contributed by atoms with Gasteiger partial charge >= 0.3 is 0 Å². The molecule has 5 nitrogen and oxygen atoms in total. The van der Waals surface area contributed by atoms with Gasteiger partial charge in [-0.3, -0.25) is 4.98 Å². The molecule has 2 aromatic rings. The van der Waals surface area contributed by atoms with Crippen LogP contribution in [0.25, 0.3) is 11.6 Å². The standard InChI is InChI=1S/C23H24FNO4S/c1-2-16-14-30(27,28)22-13-29-21(23(16)22)9-7-17(19-5-3-4-10-25-19)11-15-6-8-20(26)18(24)12-15/h3-6,8,10-12,21-22,26H,2,7,9,13-14H2,1H3/b17-11-/t21-,22+/m1/s1. The van der Waals surface area contributed by atoms with Gasteiger partial charge in [0.2, 0.25) is 0 Å². The summed E-state index contributed by atoms with van der Waals surface area (Å²) in [6, 6.07) is 9.85. The maximum atomic E-state index is 13.8. The molecule has 2 aliphatic rings. The van der Waals surface area contributed by atoms with E-state index >= 15 is 0 Å². The number of rotatable bonds is 6. The zero-order valence-corrected chi connectivity index (χ0v) is 17.5. The largest absolute Gasteiger partial charge is 0.505 e. The van der Waals surface area contributed by atoms with Gasteiger partial charge in [0.25, 0.3) is 0 Å². The zero-order valence-electron chi connectivity index (χ0n) is 16.7. The predicted molar refractivity (Wildman–Crippen MR) is 114 cm³/mol. The van der Waals surface area contributed by atoms with Gasteiger partial charge in [0, 0.05) is 6.20 Å². The number of phenols is 1. The molecule has 1 aromatic heterocycles. The summed E-state index contributed by atoms with van der Waals surface area (Å²) in [5.74, 6) is -0.933. The Morgan fingerprint density at radius 1 is 1.33 bits per heavy atom. The lowest BCUT2D eigenvalue weighted by atomic mass is 9.94. The van der Waals surface area contributed by atoms with Gasteiger partial charge in [-0.15, -0.1) is 0 Å². The van der Waals surface area contributed by atoms with Crippen molar-refractivity contribution in [3.8, 4) is 5.75 Å². The molecule has 1 N–H and O–H groups in total. The van der Waals surface area contributed by atoms with E-state index in [-0.39, 0.29) is 18.5 Å². The molecule has 0 unspecified atom stereocenters. The first kappa shape index (κ1) is 20.8. The Labute approximate surface area is 175 Å². The Kier molecular flexibility index (Phi) is 5.75. The van der Waals surface area contributed by atoms with Crippen molar-refractivity contribution in [2.45, 2.75) is 37.5 Å². The van der Waals surface area contributed by atoms with Gasteiger partial charge in [0.1, 0.15) is 5.25 Å². The molecule has 0 aliphatic carbocycles. The maximum Gasteiger partial charge on any atom is 0.165 e. The number of phenolic OH excluding ortho intramolecular Hbond substituents is 1. The van der Waals surface area contributed by atoms with Crippen LogP contribution in [0, 0.1) is 5.82 Å². The number of hydrogen-bond donors (Lipinski definition) is 1. The SMILES string of the molecule is CCC1=C2[C@@H](CC/C(=C/c3ccc(O)c(F)c3)c3ccccn3)OC[C@@H]2S(=O)(=O)C1. The van der Waals surface area contributed by atoms with Gasteiger partial charge in [0.15, 0.2) is 21.4 Å². The molecule has 30 heavy (non-hydrogen) atoms. The molecule has 1 saturated heterocycles. The Bertz CT molecular complexity index is 1110. The van der Waals surface area contributed by atoms with Crippen molar-refractivity contribution in [1.82, 2.24) is 4.98 Å². The van der Waals surface area contributed by atoms with E-state index in [1.807, 2.05) is 31.2 Å². The molecule has 0 amide bonds. The number of aromatic nitrogens is 1. The van der Waals surface area contributed by atoms with Gasteiger partial charge in [-0.2, -0.15) is 0 Å². The highest BCUT2D eigenvalue weighted by molar-refractivity contribution is 7.92. The Balaban J connectivity index is 1.60. The van der Waals surface area contributed by atoms with Crippen LogP contribution in [0.4, 0.5) is 4.39 Å². The molecule has 1 fully saturated rings. The summed E-state index contributed by atoms with van der Waals surface area (Å²) in [7, 11) is -3.16. The molecule has 2 atom stereocenters. The van der Waals surface area contributed by atoms with E-state index in [0.717, 1.165) is 22.4 Å². The highest BCUT2D eigenvalue weighted by Gasteiger charge is 2.46. The van der Waals surface area contributed by atoms with Crippen molar-refractivity contribution in [3.63, 3.8) is 0 Å². The third-order valence-electron chi connectivity index (χ3n) is 5.77. The van der Waals surface area contributed by atoms with Crippen LogP contribution < -0.4 is 0 Å². The number of halogens is 1. The van der Waals surface area contributed by atoms with Crippen LogP contribution >= 0.6 is 0 Å². The lowest BCUT2D eigenvalue weighted by Gasteiger charge is -2.15. The molecule has 0 bridgehead atoms. The number of nitrogens with zero attached hydrogens (tertiary/aromatic N) is 1. The predicted octanol–water partition coefficient (Wildman–Crippen LogP) is 4.15. The minimum atomic E-state index is -3.16. The van der Waals surface area contributed by atoms with Crippen molar-refractivity contribution in [2.75, 3.05) is 12.4 Å². The van der Waals surface area contributed by atoms with Crippen LogP contribution in [-0.4, -0.2) is 42.2 Å². The van der Waals surface area contributed by atoms with Gasteiger partial charge < -0.3 is 9.84 Å². The molecule has 7 heteroatoms. The number of ether oxygens (including phenoxy) is 1. The first-order valence-corrected chi connectivity index (χ1v) is 11.8. The number of fused-ring (bicyclic) bond motifs is 1. The zero-order chi connectivity index (χ0) is 21.3. The van der Waals surface area contributed by atoms with E-state index in [1.54, 1.807) is 12.3 Å². The average molecular weight is 430 g/mol. The smallest absolute Gasteiger partial charge is 0.165 e. The molecular formula is C23H24FNO4S. The van der Waals surface area contributed by atoms with Gasteiger partial charge in [-0.05, 0) is 66.3 Å². The Morgan fingerprint density at radius 2 is 2.17 bits per heavy atom. The highest BCUT2D eigenvalue weighted by Crippen LogP contribution is 2.40. The molecule has 1 aromatic carbocycles. The fraction of sp³-hybridized carbons (Fsp3) is 0.348. The van der Waals surface area contributed by atoms with Gasteiger partial charge in [0.05, 0.1) is 24.2 Å². The van der Waals surface area contributed by atoms with Crippen LogP contribution in [0.15, 0.2) is 53.7 Å². The van der Waals surface area contributed by atoms with Gasteiger partial charge in [-0.25, -0.2) is 12.8 Å². The minimum Gasteiger partial charge on any atom is -0.505 e. The second kappa shape index (κ2) is 8.32. The fourth-order valence-electron chi connectivity index (χ4n) is 4.24. The molecule has 0 spiro atoms. The molecule has 0 radical (unpaired) electrons. The third kappa shape index (κ3) is 4.04. The quantitative estimate of drug-likeness (QED) is 0.698. The van der Waals surface area contributed by atoms with E-state index in [9.17, 15) is 17.9 Å². The first-order chi connectivity index (χ1) is 14.4. The molecule has 2 aliphatic heterocycles. The number of hydrogen-bond acceptors (Lipinski definition) is 5. The highest BCUT2D eigenvalue weighted by atomic mass is 32.2. The molecule has 3 heterocycles. The summed E-state index contributed by atoms with van der Waals surface area (Å²) in [6.07, 6.45) is 5.24. The average Bonchev–Trinajstić information content (AvgIpc) is 3.27. The lowest BCUT2D eigenvalue weighted by molar-refractivity contribution is 0.118. The summed E-state index contributed by atoms with van der Waals surface area (Å²) in [5.41, 5.74) is 4.20. The number of benzene rings is 1. The first-order valence-electron chi connectivity index (χ1n) is 10.0. The van der Waals surface area contributed by atoms with Crippen molar-refractivity contribution >= 4 is 21.5 Å². The number of sulfone groups is 1. The Hall–Kier alpha value is -2.51. The van der Waals surface area contributed by atoms with E-state index in [0.29, 0.717) is 24.8 Å². The topological polar surface area (TPSA) is 76.5 Å². The van der Waals surface area contributed by atoms with E-state index in [1.165, 1.54) is 12.1 Å². The molecule has 4 rings (SSSR count). The number of allylic oxidation sites excluding steroid dienone is 1. The monoisotopic (exact) mass is 429 g/mol. The van der Waals surface area contributed by atoms with Gasteiger partial charge in [-0.1, -0.05) is 24.6 Å². The van der Waals surface area contributed by atoms with E-state index in [4.69, 9.17) is 4.74 Å². The molecule has 158 valence electrons. The second-order valence-electron chi connectivity index (χ2n) is 7.66. The fourth-order valence-corrected chi connectivity index (χ4v) is 6.29. The summed E-state index contributed by atoms with van der Waals surface area (Å²) in [6.45, 7) is 2.20. The summed E-state index contributed by atoms with van der Waals surface area (Å²) < 4.78 is 44.5. The van der Waals surface area contributed by atoms with Crippen molar-refractivity contribution in [1.29, 1.82) is 0 Å². The van der Waals surface area contributed by atoms with Crippen LogP contribution in [0.3, 0.4) is 0 Å². The number of pyridine rings is 1. The lowest BCUT2D eigenvalue weighted by Crippen LogP contribution is -2.19. The number of aromatic hydroxyl groups is 1. The molecule has 0 saturated carbocycles. The maximum absolute atomic E-state index is 13.8. The van der Waals surface area contributed by atoms with Crippen molar-refractivity contribution < 1.29 is 22.7 Å². The Morgan fingerprint density at radius 3 is 2.87 bits per heavy atom. The normalized spacial score (nSPS) is 23.1. The summed E-state index contributed by atoms with van der Waals surface area (Å²) >= 11 is 0. The van der Waals surface area contributed by atoms with Crippen molar-refractivity contribution in [2.24, 2.45) is 0 Å². The van der Waals surface area contributed by atoms with E-state index < -0.39 is 26.7 Å². The van der Waals surface area contributed by atoms with Crippen LogP contribution in [0.1, 0.15) is 37.4 Å². The summed E-state index contributed by atoms with van der Waals surface area (Å²) in [5, 5.41) is 8.93. The van der Waals surface area contributed by atoms with E-state index in [2.05, 4.69) is 4.98 Å². The van der Waals surface area contributed by atoms with Crippen molar-refractivity contribution in [3.05, 3.63) is 70.8 Å². The third-order valence-corrected chi connectivity index (χ3v) is 7.78. The van der Waals surface area contributed by atoms with Crippen LogP contribution in [-0.2, 0) is 14.6 Å². The van der Waals surface area contributed by atoms with Crippen LogP contribution in [0.2, 0.25) is 0 Å². The summed E-state index contributed by atoms with van der Waals surface area (Å²) in [4.78, 5) is 4.42. The second-order valence-corrected chi connectivity index (χ2v) is 9.85. The molecular weight excluding hydrogens is 405 g/mol. The minimum absolute atomic E-state index is 0.138.